The van der Waals surface area contributed by atoms with Gasteiger partial charge in [0.1, 0.15) is 11.6 Å². The molecule has 1 aromatic carbocycles. The first-order valence-corrected chi connectivity index (χ1v) is 5.77. The van der Waals surface area contributed by atoms with E-state index in [0.29, 0.717) is 12.3 Å². The number of rotatable bonds is 5. The average Bonchev–Trinajstić information content (AvgIpc) is 2.24. The summed E-state index contributed by atoms with van der Waals surface area (Å²) in [6.07, 6.45) is -0.700. The van der Waals surface area contributed by atoms with Crippen molar-refractivity contribution in [1.82, 2.24) is 5.32 Å². The second kappa shape index (κ2) is 7.31. The van der Waals surface area contributed by atoms with E-state index in [1.54, 1.807) is 13.0 Å². The molecule has 0 aliphatic rings. The molecule has 0 aromatic heterocycles. The van der Waals surface area contributed by atoms with Crippen LogP contribution in [0.3, 0.4) is 0 Å². The molecule has 0 radical (unpaired) electrons. The molecule has 0 spiro atoms. The van der Waals surface area contributed by atoms with Crippen LogP contribution in [0.2, 0.25) is 0 Å². The highest BCUT2D eigenvalue weighted by atomic mass is 35.5. The van der Waals surface area contributed by atoms with Crippen molar-refractivity contribution in [3.05, 3.63) is 30.1 Å². The number of halogens is 2. The van der Waals surface area contributed by atoms with Crippen molar-refractivity contribution in [2.75, 3.05) is 6.54 Å². The van der Waals surface area contributed by atoms with Crippen LogP contribution in [0.1, 0.15) is 20.8 Å². The minimum absolute atomic E-state index is 0. The molecule has 3 N–H and O–H groups in total. The van der Waals surface area contributed by atoms with Crippen LogP contribution in [0.4, 0.5) is 4.39 Å². The Morgan fingerprint density at radius 3 is 2.68 bits per heavy atom. The fourth-order valence-corrected chi connectivity index (χ4v) is 1.26. The lowest BCUT2D eigenvalue weighted by molar-refractivity contribution is -0.127. The van der Waals surface area contributed by atoms with E-state index >= 15 is 0 Å². The minimum Gasteiger partial charge on any atom is -0.481 e. The molecule has 0 aliphatic heterocycles. The van der Waals surface area contributed by atoms with Crippen molar-refractivity contribution < 1.29 is 13.9 Å². The summed E-state index contributed by atoms with van der Waals surface area (Å²) in [5.41, 5.74) is 5.27. The van der Waals surface area contributed by atoms with E-state index in [9.17, 15) is 9.18 Å². The molecule has 1 amide bonds. The molecule has 108 valence electrons. The van der Waals surface area contributed by atoms with Gasteiger partial charge in [-0.2, -0.15) is 0 Å². The Hall–Kier alpha value is -1.33. The molecule has 19 heavy (non-hydrogen) atoms. The number of ether oxygens (including phenoxy) is 1. The number of hydrogen-bond acceptors (Lipinski definition) is 3. The second-order valence-corrected chi connectivity index (χ2v) is 4.92. The first-order chi connectivity index (χ1) is 8.28. The van der Waals surface area contributed by atoms with Gasteiger partial charge >= 0.3 is 0 Å². The summed E-state index contributed by atoms with van der Waals surface area (Å²) >= 11 is 0. The lowest BCUT2D eigenvalue weighted by atomic mass is 10.1. The molecule has 0 saturated heterocycles. The van der Waals surface area contributed by atoms with E-state index in [-0.39, 0.29) is 18.3 Å². The smallest absolute Gasteiger partial charge is 0.260 e. The summed E-state index contributed by atoms with van der Waals surface area (Å²) in [5, 5.41) is 2.67. The van der Waals surface area contributed by atoms with Crippen LogP contribution in [0, 0.1) is 5.82 Å². The van der Waals surface area contributed by atoms with E-state index in [2.05, 4.69) is 5.32 Å². The number of hydrogen-bond donors (Lipinski definition) is 2. The second-order valence-electron chi connectivity index (χ2n) is 4.92. The highest BCUT2D eigenvalue weighted by Crippen LogP contribution is 2.13. The number of nitrogens with two attached hydrogens (primary N) is 1. The molecule has 0 bridgehead atoms. The monoisotopic (exact) mass is 290 g/mol. The number of carbonyl (C=O) groups is 1. The minimum atomic E-state index is -0.700. The van der Waals surface area contributed by atoms with Crippen LogP contribution < -0.4 is 15.8 Å². The van der Waals surface area contributed by atoms with Crippen LogP contribution >= 0.6 is 12.4 Å². The van der Waals surface area contributed by atoms with Crippen LogP contribution in [0.25, 0.3) is 0 Å². The number of amides is 1. The van der Waals surface area contributed by atoms with E-state index in [1.165, 1.54) is 18.2 Å². The van der Waals surface area contributed by atoms with Crippen molar-refractivity contribution >= 4 is 18.3 Å². The van der Waals surface area contributed by atoms with E-state index in [4.69, 9.17) is 10.5 Å². The molecular weight excluding hydrogens is 271 g/mol. The molecule has 0 heterocycles. The predicted molar refractivity (Wildman–Crippen MR) is 75.0 cm³/mol. The van der Waals surface area contributed by atoms with Crippen molar-refractivity contribution in [1.29, 1.82) is 0 Å². The van der Waals surface area contributed by atoms with Gasteiger partial charge in [-0.1, -0.05) is 6.07 Å². The quantitative estimate of drug-likeness (QED) is 0.870. The molecule has 4 nitrogen and oxygen atoms in total. The molecule has 0 saturated carbocycles. The molecular formula is C13H20ClFN2O2. The number of nitrogens with one attached hydrogen (secondary N) is 1. The van der Waals surface area contributed by atoms with Crippen LogP contribution in [-0.4, -0.2) is 24.1 Å². The predicted octanol–water partition coefficient (Wildman–Crippen LogP) is 1.87. The largest absolute Gasteiger partial charge is 0.481 e. The Morgan fingerprint density at radius 2 is 2.16 bits per heavy atom. The Morgan fingerprint density at radius 1 is 1.53 bits per heavy atom. The zero-order valence-electron chi connectivity index (χ0n) is 11.3. The average molecular weight is 291 g/mol. The fraction of sp³-hybridized carbons (Fsp3) is 0.462. The summed E-state index contributed by atoms with van der Waals surface area (Å²) < 4.78 is 18.3. The van der Waals surface area contributed by atoms with Crippen molar-refractivity contribution in [3.63, 3.8) is 0 Å². The van der Waals surface area contributed by atoms with Gasteiger partial charge < -0.3 is 15.8 Å². The van der Waals surface area contributed by atoms with Gasteiger partial charge in [0.15, 0.2) is 6.10 Å². The number of carbonyl (C=O) groups excluding carboxylic acids is 1. The van der Waals surface area contributed by atoms with Crippen molar-refractivity contribution in [2.45, 2.75) is 32.4 Å². The van der Waals surface area contributed by atoms with Gasteiger partial charge in [0.25, 0.3) is 5.91 Å². The summed E-state index contributed by atoms with van der Waals surface area (Å²) in [6, 6.07) is 5.67. The summed E-state index contributed by atoms with van der Waals surface area (Å²) in [5.74, 6) is -0.356. The SMILES string of the molecule is CC(Oc1cccc(F)c1)C(=O)NCC(C)(C)N.Cl. The third-order valence-electron chi connectivity index (χ3n) is 2.20. The molecule has 1 rings (SSSR count). The Balaban J connectivity index is 0.00000324. The summed E-state index contributed by atoms with van der Waals surface area (Å²) in [7, 11) is 0. The maximum atomic E-state index is 12.9. The summed E-state index contributed by atoms with van der Waals surface area (Å²) in [4.78, 5) is 11.7. The molecule has 0 fully saturated rings. The zero-order valence-corrected chi connectivity index (χ0v) is 12.1. The Labute approximate surface area is 118 Å². The van der Waals surface area contributed by atoms with E-state index in [1.807, 2.05) is 13.8 Å². The maximum Gasteiger partial charge on any atom is 0.260 e. The normalized spacial score (nSPS) is 12.3. The van der Waals surface area contributed by atoms with Gasteiger partial charge in [-0.25, -0.2) is 4.39 Å². The standard InChI is InChI=1S/C13H19FN2O2.ClH/c1-9(12(17)16-8-13(2,3)15)18-11-6-4-5-10(14)7-11;/h4-7,9H,8,15H2,1-3H3,(H,16,17);1H. The van der Waals surface area contributed by atoms with Crippen molar-refractivity contribution in [2.24, 2.45) is 5.73 Å². The topological polar surface area (TPSA) is 64.3 Å². The van der Waals surface area contributed by atoms with Crippen LogP contribution in [-0.2, 0) is 4.79 Å². The molecule has 1 unspecified atom stereocenters. The third-order valence-corrected chi connectivity index (χ3v) is 2.20. The lowest BCUT2D eigenvalue weighted by Gasteiger charge is -2.21. The zero-order chi connectivity index (χ0) is 13.8. The maximum absolute atomic E-state index is 12.9. The van der Waals surface area contributed by atoms with Gasteiger partial charge in [0, 0.05) is 18.2 Å². The molecule has 1 aromatic rings. The Kier molecular flexibility index (Phi) is 6.79. The number of benzene rings is 1. The Bertz CT molecular complexity index is 421. The molecule has 0 aliphatic carbocycles. The van der Waals surface area contributed by atoms with Gasteiger partial charge in [-0.3, -0.25) is 4.79 Å². The third kappa shape index (κ3) is 6.98. The van der Waals surface area contributed by atoms with Crippen LogP contribution in [0.15, 0.2) is 24.3 Å². The highest BCUT2D eigenvalue weighted by Gasteiger charge is 2.18. The molecule has 1 atom stereocenters. The van der Waals surface area contributed by atoms with E-state index < -0.39 is 17.5 Å². The van der Waals surface area contributed by atoms with Gasteiger partial charge in [0.2, 0.25) is 0 Å². The van der Waals surface area contributed by atoms with Crippen LogP contribution in [0.5, 0.6) is 5.75 Å². The first-order valence-electron chi connectivity index (χ1n) is 5.77. The van der Waals surface area contributed by atoms with Crippen molar-refractivity contribution in [3.8, 4) is 5.75 Å². The first kappa shape index (κ1) is 17.7. The van der Waals surface area contributed by atoms with E-state index in [0.717, 1.165) is 0 Å². The lowest BCUT2D eigenvalue weighted by Crippen LogP contribution is -2.48. The van der Waals surface area contributed by atoms with Gasteiger partial charge in [0.05, 0.1) is 0 Å². The molecule has 6 heteroatoms. The fourth-order valence-electron chi connectivity index (χ4n) is 1.26. The van der Waals surface area contributed by atoms with Gasteiger partial charge in [-0.05, 0) is 32.9 Å². The highest BCUT2D eigenvalue weighted by molar-refractivity contribution is 5.85. The summed E-state index contributed by atoms with van der Waals surface area (Å²) in [6.45, 7) is 5.57. The van der Waals surface area contributed by atoms with Gasteiger partial charge in [-0.15, -0.1) is 12.4 Å².